The standard InChI is InChI=1S/C27H24F3N5O3S/c1-14-3-8-21(33-18-5-4-16(11-38-15(2)36)20(10-18)27(28,29)30)22(9-14)35-26(37)19-12-39-24-23(19)31-13-32-25(24)34-17-6-7-17/h3-5,8-10,12-13,17,33H,6-7,11H2,1-2H3,(H,35,37)(H,31,32,34). The minimum Gasteiger partial charge on any atom is -0.461 e. The van der Waals surface area contributed by atoms with E-state index in [1.165, 1.54) is 29.8 Å². The molecule has 0 atom stereocenters. The number of fused-ring (bicyclic) bond motifs is 1. The van der Waals surface area contributed by atoms with Gasteiger partial charge in [-0.1, -0.05) is 12.1 Å². The van der Waals surface area contributed by atoms with Crippen molar-refractivity contribution in [1.29, 1.82) is 0 Å². The number of esters is 1. The van der Waals surface area contributed by atoms with Gasteiger partial charge in [-0.3, -0.25) is 9.59 Å². The number of nitrogens with one attached hydrogen (secondary N) is 3. The van der Waals surface area contributed by atoms with E-state index in [0.717, 1.165) is 36.1 Å². The van der Waals surface area contributed by atoms with Gasteiger partial charge in [0.25, 0.3) is 5.91 Å². The maximum absolute atomic E-state index is 13.7. The Morgan fingerprint density at radius 3 is 2.62 bits per heavy atom. The Bertz CT molecular complexity index is 1570. The smallest absolute Gasteiger partial charge is 0.416 e. The first-order valence-corrected chi connectivity index (χ1v) is 13.0. The van der Waals surface area contributed by atoms with Crippen molar-refractivity contribution in [2.45, 2.75) is 45.5 Å². The van der Waals surface area contributed by atoms with Crippen molar-refractivity contribution in [3.63, 3.8) is 0 Å². The monoisotopic (exact) mass is 555 g/mol. The van der Waals surface area contributed by atoms with Gasteiger partial charge in [-0.25, -0.2) is 9.97 Å². The van der Waals surface area contributed by atoms with E-state index in [2.05, 4.69) is 25.9 Å². The van der Waals surface area contributed by atoms with Crippen molar-refractivity contribution in [2.24, 2.45) is 0 Å². The molecule has 5 rings (SSSR count). The maximum Gasteiger partial charge on any atom is 0.416 e. The summed E-state index contributed by atoms with van der Waals surface area (Å²) in [6.45, 7) is 2.48. The van der Waals surface area contributed by atoms with Crippen LogP contribution in [0, 0.1) is 6.92 Å². The minimum absolute atomic E-state index is 0.151. The van der Waals surface area contributed by atoms with Crippen LogP contribution in [0.4, 0.5) is 36.1 Å². The topological polar surface area (TPSA) is 105 Å². The number of nitrogens with zero attached hydrogens (tertiary/aromatic N) is 2. The Hall–Kier alpha value is -4.19. The predicted molar refractivity (Wildman–Crippen MR) is 143 cm³/mol. The molecule has 0 aliphatic heterocycles. The van der Waals surface area contributed by atoms with Crippen molar-refractivity contribution in [1.82, 2.24) is 9.97 Å². The van der Waals surface area contributed by atoms with Crippen molar-refractivity contribution in [3.05, 3.63) is 70.4 Å². The fourth-order valence-electron chi connectivity index (χ4n) is 3.97. The number of hydrogen-bond acceptors (Lipinski definition) is 8. The number of benzene rings is 2. The normalized spacial score (nSPS) is 13.3. The zero-order chi connectivity index (χ0) is 27.7. The summed E-state index contributed by atoms with van der Waals surface area (Å²) in [5.74, 6) is -0.383. The summed E-state index contributed by atoms with van der Waals surface area (Å²) in [4.78, 5) is 33.0. The molecule has 1 fully saturated rings. The molecule has 0 spiro atoms. The van der Waals surface area contributed by atoms with Crippen LogP contribution in [0.5, 0.6) is 0 Å². The second-order valence-corrected chi connectivity index (χ2v) is 10.1. The Balaban J connectivity index is 1.41. The minimum atomic E-state index is -4.66. The molecule has 1 amide bonds. The third-order valence-corrected chi connectivity index (χ3v) is 7.04. The van der Waals surface area contributed by atoms with Crippen LogP contribution in [0.25, 0.3) is 10.2 Å². The highest BCUT2D eigenvalue weighted by Crippen LogP contribution is 2.37. The van der Waals surface area contributed by atoms with Crippen molar-refractivity contribution >= 4 is 56.3 Å². The molecule has 1 saturated carbocycles. The molecule has 1 aliphatic carbocycles. The van der Waals surface area contributed by atoms with E-state index in [0.29, 0.717) is 34.3 Å². The molecule has 8 nitrogen and oxygen atoms in total. The van der Waals surface area contributed by atoms with Gasteiger partial charge >= 0.3 is 12.1 Å². The van der Waals surface area contributed by atoms with Crippen LogP contribution in [-0.2, 0) is 22.3 Å². The molecule has 0 bridgehead atoms. The Kier molecular flexibility index (Phi) is 7.13. The summed E-state index contributed by atoms with van der Waals surface area (Å²) < 4.78 is 46.8. The fourth-order valence-corrected chi connectivity index (χ4v) is 4.93. The first kappa shape index (κ1) is 26.4. The van der Waals surface area contributed by atoms with E-state index in [-0.39, 0.29) is 11.3 Å². The summed E-state index contributed by atoms with van der Waals surface area (Å²) in [6.07, 6.45) is -1.09. The maximum atomic E-state index is 13.7. The number of ether oxygens (including phenoxy) is 1. The number of alkyl halides is 3. The second kappa shape index (κ2) is 10.5. The number of halogens is 3. The average molecular weight is 556 g/mol. The summed E-state index contributed by atoms with van der Waals surface area (Å²) in [7, 11) is 0. The van der Waals surface area contributed by atoms with Gasteiger partial charge in [-0.15, -0.1) is 11.3 Å². The van der Waals surface area contributed by atoms with E-state index < -0.39 is 30.2 Å². The molecule has 2 heterocycles. The van der Waals surface area contributed by atoms with E-state index in [4.69, 9.17) is 4.74 Å². The van der Waals surface area contributed by atoms with E-state index in [1.54, 1.807) is 23.6 Å². The third-order valence-electron chi connectivity index (χ3n) is 6.06. The highest BCUT2D eigenvalue weighted by Gasteiger charge is 2.34. The summed E-state index contributed by atoms with van der Waals surface area (Å²) in [5.41, 5.74) is 1.60. The molecule has 2 aromatic heterocycles. The van der Waals surface area contributed by atoms with Crippen molar-refractivity contribution in [2.75, 3.05) is 16.0 Å². The highest BCUT2D eigenvalue weighted by atomic mass is 32.1. The van der Waals surface area contributed by atoms with Gasteiger partial charge in [0.1, 0.15) is 18.8 Å². The molecule has 39 heavy (non-hydrogen) atoms. The fraction of sp³-hybridized carbons (Fsp3) is 0.259. The Morgan fingerprint density at radius 1 is 1.10 bits per heavy atom. The Morgan fingerprint density at radius 2 is 1.90 bits per heavy atom. The summed E-state index contributed by atoms with van der Waals surface area (Å²) in [6, 6.07) is 9.22. The van der Waals surface area contributed by atoms with E-state index in [1.807, 2.05) is 6.92 Å². The molecule has 0 saturated heterocycles. The first-order chi connectivity index (χ1) is 18.6. The second-order valence-electron chi connectivity index (χ2n) is 9.25. The van der Waals surface area contributed by atoms with Crippen LogP contribution in [0.2, 0.25) is 0 Å². The number of amides is 1. The number of hydrogen-bond donors (Lipinski definition) is 3. The Labute approximate surface area is 225 Å². The lowest BCUT2D eigenvalue weighted by Crippen LogP contribution is -2.14. The molecule has 2 aromatic carbocycles. The zero-order valence-electron chi connectivity index (χ0n) is 21.0. The number of aryl methyl sites for hydroxylation is 1. The van der Waals surface area contributed by atoms with E-state index in [9.17, 15) is 22.8 Å². The molecule has 12 heteroatoms. The van der Waals surface area contributed by atoms with Gasteiger partial charge < -0.3 is 20.7 Å². The van der Waals surface area contributed by atoms with Gasteiger partial charge in [0, 0.05) is 29.6 Å². The molecule has 1 aliphatic rings. The van der Waals surface area contributed by atoms with Gasteiger partial charge in [0.15, 0.2) is 0 Å². The predicted octanol–water partition coefficient (Wildman–Crippen LogP) is 6.65. The lowest BCUT2D eigenvalue weighted by atomic mass is 10.1. The highest BCUT2D eigenvalue weighted by molar-refractivity contribution is 7.18. The lowest BCUT2D eigenvalue weighted by molar-refractivity contribution is -0.145. The molecule has 4 aromatic rings. The number of rotatable bonds is 8. The van der Waals surface area contributed by atoms with Crippen LogP contribution in [0.1, 0.15) is 46.8 Å². The first-order valence-electron chi connectivity index (χ1n) is 12.1. The van der Waals surface area contributed by atoms with E-state index >= 15 is 0 Å². The van der Waals surface area contributed by atoms with Crippen LogP contribution >= 0.6 is 11.3 Å². The van der Waals surface area contributed by atoms with Crippen molar-refractivity contribution < 1.29 is 27.5 Å². The van der Waals surface area contributed by atoms with Crippen LogP contribution < -0.4 is 16.0 Å². The molecule has 0 radical (unpaired) electrons. The summed E-state index contributed by atoms with van der Waals surface area (Å²) in [5, 5.41) is 10.9. The van der Waals surface area contributed by atoms with Crippen LogP contribution in [0.15, 0.2) is 48.1 Å². The molecular formula is C27H24F3N5O3S. The van der Waals surface area contributed by atoms with Gasteiger partial charge in [0.2, 0.25) is 0 Å². The van der Waals surface area contributed by atoms with Crippen LogP contribution in [-0.4, -0.2) is 27.9 Å². The summed E-state index contributed by atoms with van der Waals surface area (Å²) >= 11 is 1.37. The van der Waals surface area contributed by atoms with Gasteiger partial charge in [-0.2, -0.15) is 13.2 Å². The number of carbonyl (C=O) groups is 2. The number of aromatic nitrogens is 2. The van der Waals surface area contributed by atoms with Gasteiger partial charge in [-0.05, 0) is 49.6 Å². The van der Waals surface area contributed by atoms with Crippen LogP contribution in [0.3, 0.4) is 0 Å². The number of thiophene rings is 1. The third kappa shape index (κ3) is 6.11. The number of anilines is 4. The molecule has 0 unspecified atom stereocenters. The zero-order valence-corrected chi connectivity index (χ0v) is 21.8. The molecular weight excluding hydrogens is 531 g/mol. The SMILES string of the molecule is CC(=O)OCc1ccc(Nc2ccc(C)cc2NC(=O)c2csc3c(NC4CC4)ncnc23)cc1C(F)(F)F. The average Bonchev–Trinajstić information content (AvgIpc) is 3.58. The number of carbonyl (C=O) groups excluding carboxylic acids is 2. The molecule has 202 valence electrons. The van der Waals surface area contributed by atoms with Gasteiger partial charge in [0.05, 0.1) is 32.7 Å². The lowest BCUT2D eigenvalue weighted by Gasteiger charge is -2.17. The largest absolute Gasteiger partial charge is 0.461 e. The van der Waals surface area contributed by atoms with Crippen molar-refractivity contribution in [3.8, 4) is 0 Å². The molecule has 3 N–H and O–H groups in total. The quantitative estimate of drug-likeness (QED) is 0.209.